The van der Waals surface area contributed by atoms with Crippen LogP contribution in [-0.2, 0) is 30.4 Å². The van der Waals surface area contributed by atoms with Crippen molar-refractivity contribution in [3.05, 3.63) is 35.9 Å². The maximum atomic E-state index is 13.4. The quantitative estimate of drug-likeness (QED) is 0.291. The maximum Gasteiger partial charge on any atom is 0.326 e. The van der Waals surface area contributed by atoms with Gasteiger partial charge < -0.3 is 31.5 Å². The second-order valence-electron chi connectivity index (χ2n) is 8.06. The number of amides is 3. The summed E-state index contributed by atoms with van der Waals surface area (Å²) in [4.78, 5) is 61.9. The van der Waals surface area contributed by atoms with E-state index in [1.165, 1.54) is 11.8 Å². The number of carboxylic acids is 2. The lowest BCUT2D eigenvalue weighted by molar-refractivity contribution is -0.145. The Labute approximate surface area is 191 Å². The van der Waals surface area contributed by atoms with Crippen LogP contribution < -0.4 is 16.4 Å². The smallest absolute Gasteiger partial charge is 0.326 e. The number of nitrogens with zero attached hydrogens (tertiary/aromatic N) is 1. The minimum Gasteiger partial charge on any atom is -0.481 e. The highest BCUT2D eigenvalue weighted by molar-refractivity contribution is 5.94. The predicted molar refractivity (Wildman–Crippen MR) is 117 cm³/mol. The molecular formula is C22H30N4O7. The van der Waals surface area contributed by atoms with E-state index in [0.29, 0.717) is 12.8 Å². The van der Waals surface area contributed by atoms with Gasteiger partial charge in [0, 0.05) is 19.4 Å². The van der Waals surface area contributed by atoms with Gasteiger partial charge in [-0.3, -0.25) is 19.2 Å². The van der Waals surface area contributed by atoms with Gasteiger partial charge in [-0.25, -0.2) is 4.79 Å². The molecule has 1 aromatic carbocycles. The fraction of sp³-hybridized carbons (Fsp3) is 0.500. The Morgan fingerprint density at radius 3 is 2.33 bits per heavy atom. The number of carboxylic acid groups (broad SMARTS) is 2. The van der Waals surface area contributed by atoms with Crippen molar-refractivity contribution in [2.24, 2.45) is 5.73 Å². The van der Waals surface area contributed by atoms with Crippen LogP contribution in [0, 0.1) is 0 Å². The van der Waals surface area contributed by atoms with Crippen LogP contribution >= 0.6 is 0 Å². The average Bonchev–Trinajstić information content (AvgIpc) is 3.25. The molecule has 6 N–H and O–H groups in total. The van der Waals surface area contributed by atoms with Gasteiger partial charge in [0.05, 0.1) is 6.04 Å². The zero-order chi connectivity index (χ0) is 24.5. The second kappa shape index (κ2) is 12.0. The molecule has 180 valence electrons. The van der Waals surface area contributed by atoms with Crippen molar-refractivity contribution in [1.29, 1.82) is 0 Å². The molecule has 1 aliphatic heterocycles. The molecule has 11 nitrogen and oxygen atoms in total. The Balaban J connectivity index is 2.16. The Morgan fingerprint density at radius 1 is 1.09 bits per heavy atom. The van der Waals surface area contributed by atoms with Gasteiger partial charge in [0.25, 0.3) is 0 Å². The lowest BCUT2D eigenvalue weighted by Crippen LogP contribution is -2.57. The third kappa shape index (κ3) is 7.56. The van der Waals surface area contributed by atoms with E-state index in [2.05, 4.69) is 10.6 Å². The maximum absolute atomic E-state index is 13.4. The SMILES string of the molecule is CC(N)C(=O)NC(Cc1ccccc1)C(=O)N1CCCC1C(=O)NC(CCC(=O)O)C(=O)O. The van der Waals surface area contributed by atoms with Crippen LogP contribution in [0.15, 0.2) is 30.3 Å². The van der Waals surface area contributed by atoms with Gasteiger partial charge in [0.1, 0.15) is 18.1 Å². The Morgan fingerprint density at radius 2 is 1.76 bits per heavy atom. The van der Waals surface area contributed by atoms with Crippen LogP contribution in [0.3, 0.4) is 0 Å². The fourth-order valence-electron chi connectivity index (χ4n) is 3.65. The van der Waals surface area contributed by atoms with Gasteiger partial charge in [-0.15, -0.1) is 0 Å². The summed E-state index contributed by atoms with van der Waals surface area (Å²) in [6.07, 6.45) is 0.336. The summed E-state index contributed by atoms with van der Waals surface area (Å²) >= 11 is 0. The van der Waals surface area contributed by atoms with Gasteiger partial charge in [-0.1, -0.05) is 30.3 Å². The zero-order valence-electron chi connectivity index (χ0n) is 18.4. The second-order valence-corrected chi connectivity index (χ2v) is 8.06. The first-order valence-electron chi connectivity index (χ1n) is 10.8. The van der Waals surface area contributed by atoms with Crippen molar-refractivity contribution in [2.75, 3.05) is 6.54 Å². The number of nitrogens with two attached hydrogens (primary N) is 1. The number of hydrogen-bond donors (Lipinski definition) is 5. The molecule has 0 bridgehead atoms. The van der Waals surface area contributed by atoms with E-state index in [0.717, 1.165) is 5.56 Å². The van der Waals surface area contributed by atoms with E-state index in [4.69, 9.17) is 10.8 Å². The van der Waals surface area contributed by atoms with Gasteiger partial charge in [-0.05, 0) is 31.7 Å². The van der Waals surface area contributed by atoms with Crippen LogP contribution in [0.5, 0.6) is 0 Å². The Kier molecular flexibility index (Phi) is 9.34. The molecule has 1 aromatic rings. The van der Waals surface area contributed by atoms with E-state index in [9.17, 15) is 29.1 Å². The van der Waals surface area contributed by atoms with Crippen LogP contribution in [0.4, 0.5) is 0 Å². The molecule has 2 rings (SSSR count). The van der Waals surface area contributed by atoms with Gasteiger partial charge >= 0.3 is 11.9 Å². The monoisotopic (exact) mass is 462 g/mol. The summed E-state index contributed by atoms with van der Waals surface area (Å²) in [7, 11) is 0. The first-order valence-corrected chi connectivity index (χ1v) is 10.8. The number of likely N-dealkylation sites (tertiary alicyclic amines) is 1. The number of carbonyl (C=O) groups is 5. The molecule has 4 unspecified atom stereocenters. The molecule has 1 fully saturated rings. The normalized spacial score (nSPS) is 18.1. The molecule has 0 spiro atoms. The van der Waals surface area contributed by atoms with Crippen molar-refractivity contribution in [3.8, 4) is 0 Å². The van der Waals surface area contributed by atoms with Crippen molar-refractivity contribution < 1.29 is 34.2 Å². The molecule has 3 amide bonds. The number of nitrogens with one attached hydrogen (secondary N) is 2. The van der Waals surface area contributed by atoms with Crippen molar-refractivity contribution >= 4 is 29.7 Å². The molecule has 4 atom stereocenters. The highest BCUT2D eigenvalue weighted by Gasteiger charge is 2.39. The van der Waals surface area contributed by atoms with E-state index < -0.39 is 60.2 Å². The molecule has 33 heavy (non-hydrogen) atoms. The fourth-order valence-corrected chi connectivity index (χ4v) is 3.65. The average molecular weight is 463 g/mol. The van der Waals surface area contributed by atoms with Crippen molar-refractivity contribution in [3.63, 3.8) is 0 Å². The third-order valence-electron chi connectivity index (χ3n) is 5.41. The molecule has 0 aromatic heterocycles. The molecule has 0 saturated carbocycles. The van der Waals surface area contributed by atoms with E-state index in [-0.39, 0.29) is 19.4 Å². The zero-order valence-corrected chi connectivity index (χ0v) is 18.4. The standard InChI is InChI=1S/C22H30N4O7/c1-13(23)19(29)25-16(12-14-6-3-2-4-7-14)21(31)26-11-5-8-17(26)20(30)24-15(22(32)33)9-10-18(27)28/h2-4,6-7,13,15-17H,5,8-12,23H2,1H3,(H,24,30)(H,25,29)(H,27,28)(H,32,33). The summed E-state index contributed by atoms with van der Waals surface area (Å²) in [5.74, 6) is -4.18. The van der Waals surface area contributed by atoms with Crippen LogP contribution in [0.25, 0.3) is 0 Å². The molecule has 1 saturated heterocycles. The Hall–Kier alpha value is -3.47. The Bertz CT molecular complexity index is 875. The number of aliphatic carboxylic acids is 2. The lowest BCUT2D eigenvalue weighted by atomic mass is 10.0. The number of benzene rings is 1. The summed E-state index contributed by atoms with van der Waals surface area (Å²) in [6.45, 7) is 1.76. The minimum absolute atomic E-state index is 0.194. The van der Waals surface area contributed by atoms with Crippen LogP contribution in [-0.4, -0.2) is 75.5 Å². The number of hydrogen-bond acceptors (Lipinski definition) is 6. The lowest BCUT2D eigenvalue weighted by Gasteiger charge is -2.30. The first-order chi connectivity index (χ1) is 15.6. The third-order valence-corrected chi connectivity index (χ3v) is 5.41. The highest BCUT2D eigenvalue weighted by Crippen LogP contribution is 2.20. The van der Waals surface area contributed by atoms with E-state index in [1.807, 2.05) is 18.2 Å². The molecule has 0 aliphatic carbocycles. The van der Waals surface area contributed by atoms with E-state index >= 15 is 0 Å². The molecule has 11 heteroatoms. The summed E-state index contributed by atoms with van der Waals surface area (Å²) in [6, 6.07) is 4.96. The number of carbonyl (C=O) groups excluding carboxylic acids is 3. The summed E-state index contributed by atoms with van der Waals surface area (Å²) < 4.78 is 0. The summed E-state index contributed by atoms with van der Waals surface area (Å²) in [5, 5.41) is 23.1. The molecule has 0 radical (unpaired) electrons. The van der Waals surface area contributed by atoms with Gasteiger partial charge in [0.2, 0.25) is 17.7 Å². The first kappa shape index (κ1) is 25.8. The summed E-state index contributed by atoms with van der Waals surface area (Å²) in [5.41, 5.74) is 6.45. The van der Waals surface area contributed by atoms with Crippen LogP contribution in [0.2, 0.25) is 0 Å². The van der Waals surface area contributed by atoms with Gasteiger partial charge in [0.15, 0.2) is 0 Å². The van der Waals surface area contributed by atoms with Crippen LogP contribution in [0.1, 0.15) is 38.2 Å². The largest absolute Gasteiger partial charge is 0.481 e. The minimum atomic E-state index is -1.39. The molecule has 1 aliphatic rings. The molecule has 1 heterocycles. The predicted octanol–water partition coefficient (Wildman–Crippen LogP) is -0.514. The van der Waals surface area contributed by atoms with Gasteiger partial charge in [-0.2, -0.15) is 0 Å². The number of rotatable bonds is 11. The molecular weight excluding hydrogens is 432 g/mol. The van der Waals surface area contributed by atoms with Crippen molar-refractivity contribution in [2.45, 2.75) is 63.2 Å². The van der Waals surface area contributed by atoms with Crippen molar-refractivity contribution in [1.82, 2.24) is 15.5 Å². The van der Waals surface area contributed by atoms with E-state index in [1.54, 1.807) is 12.1 Å². The topological polar surface area (TPSA) is 179 Å². The highest BCUT2D eigenvalue weighted by atomic mass is 16.4.